The molecule has 0 fully saturated rings. The summed E-state index contributed by atoms with van der Waals surface area (Å²) in [5.41, 5.74) is 2.90. The summed E-state index contributed by atoms with van der Waals surface area (Å²) >= 11 is 0. The zero-order valence-electron chi connectivity index (χ0n) is 30.0. The van der Waals surface area contributed by atoms with E-state index >= 15 is 8.78 Å². The van der Waals surface area contributed by atoms with Gasteiger partial charge in [-0.25, -0.2) is 13.8 Å². The molecular weight excluding hydrogens is 770 g/mol. The van der Waals surface area contributed by atoms with Gasteiger partial charge in [-0.1, -0.05) is 106 Å². The van der Waals surface area contributed by atoms with Gasteiger partial charge in [0, 0.05) is 32.8 Å². The molecule has 4 aromatic carbocycles. The van der Waals surface area contributed by atoms with Gasteiger partial charge in [-0.2, -0.15) is 35.9 Å². The van der Waals surface area contributed by atoms with Crippen molar-refractivity contribution in [3.63, 3.8) is 0 Å². The van der Waals surface area contributed by atoms with Crippen LogP contribution in [0.25, 0.3) is 44.3 Å². The summed E-state index contributed by atoms with van der Waals surface area (Å²) in [6.07, 6.45) is 4.65. The second kappa shape index (κ2) is 11.5. The van der Waals surface area contributed by atoms with Gasteiger partial charge in [0.2, 0.25) is 6.33 Å². The summed E-state index contributed by atoms with van der Waals surface area (Å²) in [6.45, 7) is 9.68. The number of alkyl halides is 2. The van der Waals surface area contributed by atoms with Gasteiger partial charge in [-0.15, -0.1) is 11.5 Å². The maximum absolute atomic E-state index is 17.0. The second-order valence-corrected chi connectivity index (χ2v) is 13.9. The normalized spacial score (nSPS) is 13.8. The number of nitrogens with zero attached hydrogens (tertiary/aromatic N) is 4. The van der Waals surface area contributed by atoms with E-state index in [2.05, 4.69) is 44.2 Å². The molecule has 4 nitrogen and oxygen atoms in total. The Morgan fingerprint density at radius 2 is 1.45 bits per heavy atom. The third-order valence-electron chi connectivity index (χ3n) is 8.63. The van der Waals surface area contributed by atoms with Crippen molar-refractivity contribution in [1.29, 1.82) is 0 Å². The van der Waals surface area contributed by atoms with Crippen molar-refractivity contribution in [2.45, 2.75) is 58.3 Å². The monoisotopic (exact) mass is 808 g/mol. The van der Waals surface area contributed by atoms with E-state index in [4.69, 9.17) is 4.11 Å². The van der Waals surface area contributed by atoms with Crippen LogP contribution in [0.15, 0.2) is 91.1 Å². The molecule has 0 atom stereocenters. The number of imidazole rings is 1. The first-order chi connectivity index (χ1) is 22.9. The van der Waals surface area contributed by atoms with Gasteiger partial charge in [-0.3, -0.25) is 0 Å². The van der Waals surface area contributed by atoms with Crippen LogP contribution < -0.4 is 4.57 Å². The van der Waals surface area contributed by atoms with E-state index in [0.717, 1.165) is 26.4 Å². The van der Waals surface area contributed by atoms with Crippen molar-refractivity contribution in [3.8, 4) is 11.5 Å². The van der Waals surface area contributed by atoms with E-state index in [9.17, 15) is 0 Å². The minimum absolute atomic E-state index is 0. The number of aromatic nitrogens is 4. The predicted molar refractivity (Wildman–Crippen MR) is 180 cm³/mol. The summed E-state index contributed by atoms with van der Waals surface area (Å²) < 4.78 is 62.6. The van der Waals surface area contributed by atoms with Crippen LogP contribution in [0.4, 0.5) is 8.78 Å². The van der Waals surface area contributed by atoms with Gasteiger partial charge in [0.05, 0.1) is 22.1 Å². The Balaban J connectivity index is 0.00000432. The largest absolute Gasteiger partial charge is 0.342 e. The molecule has 3 aromatic heterocycles. The molecule has 0 unspecified atom stereocenters. The van der Waals surface area contributed by atoms with Gasteiger partial charge >= 0.3 is 0 Å². The van der Waals surface area contributed by atoms with Crippen LogP contribution in [0, 0.1) is 18.5 Å². The van der Waals surface area contributed by atoms with Crippen LogP contribution >= 0.6 is 0 Å². The first kappa shape index (κ1) is 29.0. The molecule has 0 aliphatic heterocycles. The quantitative estimate of drug-likeness (QED) is 0.129. The fraction of sp³-hybridized carbons (Fsp3) is 0.250. The van der Waals surface area contributed by atoms with Crippen molar-refractivity contribution in [2.24, 2.45) is 6.98 Å². The molecule has 7 rings (SSSR count). The van der Waals surface area contributed by atoms with Crippen LogP contribution in [0.3, 0.4) is 0 Å². The first-order valence-electron chi connectivity index (χ1n) is 16.8. The molecule has 0 radical (unpaired) electrons. The number of halogens is 2. The summed E-state index contributed by atoms with van der Waals surface area (Å²) in [5.74, 6) is -2.90. The molecule has 0 saturated carbocycles. The number of hydrogen-bond donors (Lipinski definition) is 0. The fourth-order valence-corrected chi connectivity index (χ4v) is 5.98. The number of fused-ring (bicyclic) bond motifs is 4. The maximum atomic E-state index is 17.0. The molecule has 7 heteroatoms. The van der Waals surface area contributed by atoms with Crippen LogP contribution in [0.2, 0.25) is 0 Å². The standard InChI is InChI=1S/C40H36F2N4.Pt/c1-38(2,3)26-18-19-43-37(24-26)46-33-13-9-8-12-31(33)32-17-16-27(23-36(32)46)40(41,42)29-20-28(39(4,5)6)21-30(22-29)45-25-44(7)34-14-10-11-15-35(34)45;/h8-21,24H,1-7H3;/q-2;/i7D3;. The average molecular weight is 809 g/mol. The Labute approximate surface area is 293 Å². The SMILES string of the molecule is [2H]C([2H])([2H])[n+]1[c-]n(-c2[c-]c(C(F)(F)c3[c-]c4c(cc3)c3ccccc3n4-c3cc(C(C)(C)C)ccn3)cc(C(C)(C)C)c2)c2ccccc21.[Pt]. The van der Waals surface area contributed by atoms with Crippen LogP contribution in [-0.4, -0.2) is 14.1 Å². The maximum Gasteiger partial charge on any atom is 0.254 e. The molecule has 47 heavy (non-hydrogen) atoms. The summed E-state index contributed by atoms with van der Waals surface area (Å²) in [5, 5.41) is 1.70. The van der Waals surface area contributed by atoms with Crippen molar-refractivity contribution in [2.75, 3.05) is 0 Å². The topological polar surface area (TPSA) is 26.6 Å². The second-order valence-electron chi connectivity index (χ2n) is 13.9. The Hall–Kier alpha value is -4.15. The fourth-order valence-electron chi connectivity index (χ4n) is 5.98. The van der Waals surface area contributed by atoms with Crippen LogP contribution in [0.1, 0.15) is 67.9 Å². The third kappa shape index (κ3) is 5.61. The molecule has 0 saturated heterocycles. The van der Waals surface area contributed by atoms with Crippen LogP contribution in [0.5, 0.6) is 0 Å². The number of para-hydroxylation sites is 3. The zero-order chi connectivity index (χ0) is 35.1. The number of hydrogen-bond acceptors (Lipinski definition) is 1. The van der Waals surface area contributed by atoms with Gasteiger partial charge in [-0.05, 0) is 40.0 Å². The smallest absolute Gasteiger partial charge is 0.254 e. The Kier molecular flexibility index (Phi) is 7.11. The van der Waals surface area contributed by atoms with E-state index in [1.54, 1.807) is 42.6 Å². The summed E-state index contributed by atoms with van der Waals surface area (Å²) in [6, 6.07) is 31.2. The molecule has 0 amide bonds. The molecule has 0 aliphatic carbocycles. The van der Waals surface area contributed by atoms with E-state index in [1.807, 2.05) is 61.7 Å². The first-order valence-corrected chi connectivity index (χ1v) is 15.3. The number of aryl methyl sites for hydroxylation is 1. The van der Waals surface area contributed by atoms with Gasteiger partial charge < -0.3 is 13.7 Å². The summed E-state index contributed by atoms with van der Waals surface area (Å²) in [7, 11) is 0. The van der Waals surface area contributed by atoms with Crippen molar-refractivity contribution >= 4 is 32.8 Å². The molecule has 0 aliphatic rings. The minimum Gasteiger partial charge on any atom is -0.342 e. The number of rotatable bonds is 4. The van der Waals surface area contributed by atoms with E-state index in [-0.39, 0.29) is 43.3 Å². The Morgan fingerprint density at radius 1 is 0.745 bits per heavy atom. The molecule has 242 valence electrons. The molecule has 7 aromatic rings. The van der Waals surface area contributed by atoms with Crippen LogP contribution in [-0.2, 0) is 44.8 Å². The predicted octanol–water partition coefficient (Wildman–Crippen LogP) is 9.08. The van der Waals surface area contributed by atoms with Gasteiger partial charge in [0.1, 0.15) is 5.82 Å². The van der Waals surface area contributed by atoms with Crippen molar-refractivity contribution < 1.29 is 38.5 Å². The zero-order valence-corrected chi connectivity index (χ0v) is 29.3. The molecule has 0 bridgehead atoms. The van der Waals surface area contributed by atoms with Crippen molar-refractivity contribution in [3.05, 3.63) is 132 Å². The average Bonchev–Trinajstić information content (AvgIpc) is 3.60. The van der Waals surface area contributed by atoms with E-state index in [1.165, 1.54) is 16.7 Å². The number of benzene rings is 4. The van der Waals surface area contributed by atoms with Gasteiger partial charge in [0.15, 0.2) is 0 Å². The molecular formula is C40H36F2N4Pt-2. The Bertz CT molecular complexity index is 2400. The Morgan fingerprint density at radius 3 is 2.17 bits per heavy atom. The summed E-state index contributed by atoms with van der Waals surface area (Å²) in [4.78, 5) is 4.67. The van der Waals surface area contributed by atoms with E-state index in [0.29, 0.717) is 27.9 Å². The third-order valence-corrected chi connectivity index (χ3v) is 8.63. The number of pyridine rings is 1. The molecule has 0 spiro atoms. The molecule has 0 N–H and O–H groups in total. The molecule has 3 heterocycles. The van der Waals surface area contributed by atoms with Gasteiger partial charge in [0.25, 0.3) is 5.92 Å². The van der Waals surface area contributed by atoms with E-state index < -0.39 is 18.3 Å². The van der Waals surface area contributed by atoms with Crippen molar-refractivity contribution in [1.82, 2.24) is 14.1 Å². The minimum atomic E-state index is -3.52.